The first-order valence-electron chi connectivity index (χ1n) is 13.5. The van der Waals surface area contributed by atoms with Gasteiger partial charge in [0.15, 0.2) is 5.11 Å². The van der Waals surface area contributed by atoms with Gasteiger partial charge in [-0.2, -0.15) is 0 Å². The minimum atomic E-state index is -0.384. The van der Waals surface area contributed by atoms with E-state index in [0.717, 1.165) is 39.6 Å². The molecule has 2 atom stereocenters. The van der Waals surface area contributed by atoms with E-state index in [9.17, 15) is 9.59 Å². The SMILES string of the molecule is COC(=O)c1cccc(-n2c(C)cc([C@H]3[C@@H](c4ccccn4)NC(=S)N3CCC(=O)Nc3ccccc3C)c2C)c1. The largest absolute Gasteiger partial charge is 0.465 e. The highest BCUT2D eigenvalue weighted by atomic mass is 32.1. The number of hydrogen-bond donors (Lipinski definition) is 2. The van der Waals surface area contributed by atoms with E-state index < -0.39 is 0 Å². The second-order valence-electron chi connectivity index (χ2n) is 10.1. The molecular formula is C32H33N5O3S. The number of rotatable bonds is 8. The summed E-state index contributed by atoms with van der Waals surface area (Å²) in [6.07, 6.45) is 2.04. The first kappa shape index (κ1) is 28.0. The molecule has 0 spiro atoms. The van der Waals surface area contributed by atoms with Crippen molar-refractivity contribution >= 4 is 34.9 Å². The highest BCUT2D eigenvalue weighted by Crippen LogP contribution is 2.41. The number of ether oxygens (including phenoxy) is 1. The fraction of sp³-hybridized carbons (Fsp3) is 0.250. The topological polar surface area (TPSA) is 88.5 Å². The number of nitrogens with zero attached hydrogens (tertiary/aromatic N) is 3. The zero-order valence-corrected chi connectivity index (χ0v) is 24.4. The van der Waals surface area contributed by atoms with Crippen LogP contribution in [0.2, 0.25) is 0 Å². The Morgan fingerprint density at radius 1 is 1.02 bits per heavy atom. The van der Waals surface area contributed by atoms with Gasteiger partial charge in [-0.3, -0.25) is 9.78 Å². The van der Waals surface area contributed by atoms with Crippen LogP contribution in [0.15, 0.2) is 79.0 Å². The number of aryl methyl sites for hydroxylation is 2. The Morgan fingerprint density at radius 3 is 2.54 bits per heavy atom. The summed E-state index contributed by atoms with van der Waals surface area (Å²) in [5.41, 5.74) is 7.11. The van der Waals surface area contributed by atoms with E-state index in [2.05, 4.69) is 38.1 Å². The molecule has 1 fully saturated rings. The van der Waals surface area contributed by atoms with E-state index in [1.54, 1.807) is 12.3 Å². The number of amides is 1. The van der Waals surface area contributed by atoms with Crippen LogP contribution in [0.5, 0.6) is 0 Å². The molecule has 4 aromatic rings. The summed E-state index contributed by atoms with van der Waals surface area (Å²) in [4.78, 5) is 31.9. The third-order valence-electron chi connectivity index (χ3n) is 7.51. The second kappa shape index (κ2) is 11.9. The molecule has 1 aliphatic heterocycles. The van der Waals surface area contributed by atoms with E-state index in [1.165, 1.54) is 7.11 Å². The third kappa shape index (κ3) is 5.71. The Balaban J connectivity index is 1.49. The lowest BCUT2D eigenvalue weighted by atomic mass is 9.96. The van der Waals surface area contributed by atoms with Crippen LogP contribution >= 0.6 is 12.2 Å². The van der Waals surface area contributed by atoms with Crippen LogP contribution in [0, 0.1) is 20.8 Å². The number of pyridine rings is 1. The van der Waals surface area contributed by atoms with Crippen LogP contribution in [-0.4, -0.2) is 45.1 Å². The van der Waals surface area contributed by atoms with Crippen LogP contribution < -0.4 is 10.6 Å². The maximum absolute atomic E-state index is 13.0. The molecule has 3 heterocycles. The van der Waals surface area contributed by atoms with Gasteiger partial charge in [0.05, 0.1) is 30.5 Å². The number of aromatic nitrogens is 2. The molecule has 41 heavy (non-hydrogen) atoms. The molecular weight excluding hydrogens is 534 g/mol. The van der Waals surface area contributed by atoms with Crippen molar-refractivity contribution in [2.75, 3.05) is 19.0 Å². The Labute approximate surface area is 245 Å². The minimum absolute atomic E-state index is 0.0766. The molecule has 1 amide bonds. The average Bonchev–Trinajstić information content (AvgIpc) is 3.47. The van der Waals surface area contributed by atoms with Crippen LogP contribution in [0.4, 0.5) is 5.69 Å². The quantitative estimate of drug-likeness (QED) is 0.212. The van der Waals surface area contributed by atoms with Gasteiger partial charge in [-0.05, 0) is 86.6 Å². The van der Waals surface area contributed by atoms with Crippen molar-refractivity contribution in [3.05, 3.63) is 113 Å². The van der Waals surface area contributed by atoms with Crippen LogP contribution in [0.25, 0.3) is 5.69 Å². The summed E-state index contributed by atoms with van der Waals surface area (Å²) in [5, 5.41) is 7.08. The minimum Gasteiger partial charge on any atom is -0.465 e. The van der Waals surface area contributed by atoms with Crippen molar-refractivity contribution in [2.24, 2.45) is 0 Å². The average molecular weight is 568 g/mol. The number of thiocarbonyl (C=S) groups is 1. The van der Waals surface area contributed by atoms with Crippen LogP contribution in [0.3, 0.4) is 0 Å². The molecule has 2 N–H and O–H groups in total. The highest BCUT2D eigenvalue weighted by Gasteiger charge is 2.41. The lowest BCUT2D eigenvalue weighted by Crippen LogP contribution is -2.33. The van der Waals surface area contributed by atoms with E-state index in [0.29, 0.717) is 17.2 Å². The Kier molecular flexibility index (Phi) is 8.16. The summed E-state index contributed by atoms with van der Waals surface area (Å²) >= 11 is 5.83. The van der Waals surface area contributed by atoms with Gasteiger partial charge in [0, 0.05) is 41.9 Å². The van der Waals surface area contributed by atoms with Crippen LogP contribution in [0.1, 0.15) is 57.1 Å². The lowest BCUT2D eigenvalue weighted by molar-refractivity contribution is -0.116. The van der Waals surface area contributed by atoms with E-state index in [4.69, 9.17) is 17.0 Å². The monoisotopic (exact) mass is 567 g/mol. The highest BCUT2D eigenvalue weighted by molar-refractivity contribution is 7.80. The molecule has 0 aliphatic carbocycles. The summed E-state index contributed by atoms with van der Waals surface area (Å²) in [6, 6.07) is 22.7. The number of methoxy groups -OCH3 is 1. The molecule has 1 aliphatic rings. The standard InChI is InChI=1S/C32H33N5O3S/c1-20-10-5-6-13-26(20)34-28(38)15-17-36-30(29(35-32(36)41)27-14-7-8-16-33-27)25-18-21(2)37(22(25)3)24-12-9-11-23(19-24)31(39)40-4/h5-14,16,18-19,29-30H,15,17H2,1-4H3,(H,34,38)(H,35,41)/t29-,30+/m1/s1. The predicted octanol–water partition coefficient (Wildman–Crippen LogP) is 5.59. The van der Waals surface area contributed by atoms with Gasteiger partial charge in [0.1, 0.15) is 0 Å². The molecule has 0 bridgehead atoms. The Bertz CT molecular complexity index is 1600. The molecule has 8 nitrogen and oxygen atoms in total. The van der Waals surface area contributed by atoms with E-state index >= 15 is 0 Å². The van der Waals surface area contributed by atoms with Crippen molar-refractivity contribution in [2.45, 2.75) is 39.3 Å². The summed E-state index contributed by atoms with van der Waals surface area (Å²) in [5.74, 6) is -0.461. The zero-order chi connectivity index (χ0) is 29.1. The molecule has 1 saturated heterocycles. The van der Waals surface area contributed by atoms with Crippen molar-refractivity contribution in [3.8, 4) is 5.69 Å². The molecule has 0 radical (unpaired) electrons. The van der Waals surface area contributed by atoms with Crippen LogP contribution in [-0.2, 0) is 9.53 Å². The van der Waals surface area contributed by atoms with Gasteiger partial charge in [0.2, 0.25) is 5.91 Å². The third-order valence-corrected chi connectivity index (χ3v) is 7.86. The number of carbonyl (C=O) groups is 2. The second-order valence-corrected chi connectivity index (χ2v) is 10.5. The van der Waals surface area contributed by atoms with E-state index in [-0.39, 0.29) is 30.4 Å². The maximum atomic E-state index is 13.0. The summed E-state index contributed by atoms with van der Waals surface area (Å²) in [6.45, 7) is 6.50. The first-order chi connectivity index (χ1) is 19.8. The van der Waals surface area contributed by atoms with Crippen molar-refractivity contribution in [3.63, 3.8) is 0 Å². The number of esters is 1. The smallest absolute Gasteiger partial charge is 0.337 e. The first-order valence-corrected chi connectivity index (χ1v) is 13.9. The molecule has 0 saturated carbocycles. The fourth-order valence-electron chi connectivity index (χ4n) is 5.51. The summed E-state index contributed by atoms with van der Waals surface area (Å²) in [7, 11) is 1.38. The molecule has 5 rings (SSSR count). The maximum Gasteiger partial charge on any atom is 0.337 e. The number of nitrogens with one attached hydrogen (secondary N) is 2. The summed E-state index contributed by atoms with van der Waals surface area (Å²) < 4.78 is 7.06. The number of anilines is 1. The normalized spacial score (nSPS) is 16.4. The molecule has 210 valence electrons. The van der Waals surface area contributed by atoms with Gasteiger partial charge >= 0.3 is 5.97 Å². The number of hydrogen-bond acceptors (Lipinski definition) is 5. The Morgan fingerprint density at radius 2 is 1.80 bits per heavy atom. The lowest BCUT2D eigenvalue weighted by Gasteiger charge is -2.28. The Hall–Kier alpha value is -4.50. The van der Waals surface area contributed by atoms with Crippen molar-refractivity contribution < 1.29 is 14.3 Å². The van der Waals surface area contributed by atoms with E-state index in [1.807, 2.05) is 74.5 Å². The number of benzene rings is 2. The van der Waals surface area contributed by atoms with Gasteiger partial charge < -0.3 is 24.8 Å². The van der Waals surface area contributed by atoms with Gasteiger partial charge in [-0.25, -0.2) is 4.79 Å². The van der Waals surface area contributed by atoms with Crippen molar-refractivity contribution in [1.82, 2.24) is 19.8 Å². The molecule has 2 aromatic carbocycles. The van der Waals surface area contributed by atoms with Gasteiger partial charge in [0.25, 0.3) is 0 Å². The predicted molar refractivity (Wildman–Crippen MR) is 163 cm³/mol. The van der Waals surface area contributed by atoms with Crippen molar-refractivity contribution in [1.29, 1.82) is 0 Å². The molecule has 9 heteroatoms. The van der Waals surface area contributed by atoms with Gasteiger partial charge in [-0.1, -0.05) is 30.3 Å². The number of para-hydroxylation sites is 1. The van der Waals surface area contributed by atoms with Gasteiger partial charge in [-0.15, -0.1) is 0 Å². The fourth-order valence-corrected chi connectivity index (χ4v) is 5.84. The zero-order valence-electron chi connectivity index (χ0n) is 23.5. The number of carbonyl (C=O) groups excluding carboxylic acids is 2. The molecule has 0 unspecified atom stereocenters. The molecule has 2 aromatic heterocycles.